The zero-order valence-electron chi connectivity index (χ0n) is 9.68. The van der Waals surface area contributed by atoms with Crippen LogP contribution in [0.3, 0.4) is 0 Å². The molecule has 0 radical (unpaired) electrons. The monoisotopic (exact) mass is 249 g/mol. The van der Waals surface area contributed by atoms with Crippen LogP contribution in [-0.2, 0) is 0 Å². The fourth-order valence-electron chi connectivity index (χ4n) is 2.59. The Morgan fingerprint density at radius 3 is 2.56 bits per heavy atom. The molecule has 18 heavy (non-hydrogen) atoms. The van der Waals surface area contributed by atoms with Crippen LogP contribution >= 0.6 is 11.3 Å². The van der Waals surface area contributed by atoms with Crippen molar-refractivity contribution in [2.24, 2.45) is 0 Å². The summed E-state index contributed by atoms with van der Waals surface area (Å²) in [6.07, 6.45) is 0. The molecule has 0 amide bonds. The van der Waals surface area contributed by atoms with E-state index in [-0.39, 0.29) is 0 Å². The van der Waals surface area contributed by atoms with Gasteiger partial charge in [-0.15, -0.1) is 11.3 Å². The Kier molecular flexibility index (Phi) is 1.91. The second-order valence-corrected chi connectivity index (χ2v) is 5.54. The third-order valence-electron chi connectivity index (χ3n) is 3.42. The molecule has 0 bridgehead atoms. The molecule has 0 atom stereocenters. The molecular formula is C16H11NS. The fourth-order valence-corrected chi connectivity index (χ4v) is 3.73. The van der Waals surface area contributed by atoms with Crippen molar-refractivity contribution in [2.75, 3.05) is 5.73 Å². The molecular weight excluding hydrogens is 238 g/mol. The van der Waals surface area contributed by atoms with Crippen LogP contribution in [0.25, 0.3) is 30.9 Å². The van der Waals surface area contributed by atoms with Crippen LogP contribution in [0.4, 0.5) is 5.69 Å². The van der Waals surface area contributed by atoms with Crippen LogP contribution in [0.5, 0.6) is 0 Å². The van der Waals surface area contributed by atoms with Gasteiger partial charge in [0.05, 0.1) is 4.70 Å². The molecule has 1 heterocycles. The summed E-state index contributed by atoms with van der Waals surface area (Å²) >= 11 is 1.78. The highest BCUT2D eigenvalue weighted by molar-refractivity contribution is 7.26. The molecule has 4 aromatic rings. The Hall–Kier alpha value is -2.06. The van der Waals surface area contributed by atoms with E-state index in [2.05, 4.69) is 42.5 Å². The molecule has 0 aliphatic heterocycles. The summed E-state index contributed by atoms with van der Waals surface area (Å²) in [5.74, 6) is 0. The van der Waals surface area contributed by atoms with Gasteiger partial charge in [-0.3, -0.25) is 0 Å². The van der Waals surface area contributed by atoms with Crippen molar-refractivity contribution >= 4 is 48.0 Å². The van der Waals surface area contributed by atoms with E-state index >= 15 is 0 Å². The molecule has 2 N–H and O–H groups in total. The topological polar surface area (TPSA) is 26.0 Å². The van der Waals surface area contributed by atoms with Crippen molar-refractivity contribution in [3.63, 3.8) is 0 Å². The number of thiophene rings is 1. The quantitative estimate of drug-likeness (QED) is 0.445. The summed E-state index contributed by atoms with van der Waals surface area (Å²) in [5, 5.41) is 5.20. The largest absolute Gasteiger partial charge is 0.398 e. The number of benzene rings is 3. The maximum absolute atomic E-state index is 6.07. The van der Waals surface area contributed by atoms with Crippen molar-refractivity contribution in [3.8, 4) is 0 Å². The summed E-state index contributed by atoms with van der Waals surface area (Å²) in [4.78, 5) is 0. The maximum atomic E-state index is 6.07. The van der Waals surface area contributed by atoms with Crippen LogP contribution in [0, 0.1) is 0 Å². The highest BCUT2D eigenvalue weighted by atomic mass is 32.1. The Morgan fingerprint density at radius 2 is 1.61 bits per heavy atom. The third kappa shape index (κ3) is 1.21. The molecule has 3 aromatic carbocycles. The highest BCUT2D eigenvalue weighted by Crippen LogP contribution is 2.40. The lowest BCUT2D eigenvalue weighted by molar-refractivity contribution is 1.80. The first-order valence-corrected chi connectivity index (χ1v) is 6.75. The van der Waals surface area contributed by atoms with Crippen molar-refractivity contribution in [3.05, 3.63) is 54.6 Å². The SMILES string of the molecule is Nc1cccc2c1sc1ccc3ccccc3c12. The zero-order chi connectivity index (χ0) is 12.1. The molecule has 2 heteroatoms. The molecule has 0 unspecified atom stereocenters. The number of hydrogen-bond acceptors (Lipinski definition) is 2. The van der Waals surface area contributed by atoms with Gasteiger partial charge in [-0.2, -0.15) is 0 Å². The second kappa shape index (κ2) is 3.47. The maximum Gasteiger partial charge on any atom is 0.0585 e. The standard InChI is InChI=1S/C16H11NS/c17-13-7-3-6-12-15-11-5-2-1-4-10(11)8-9-14(15)18-16(12)13/h1-9H,17H2. The number of rotatable bonds is 0. The van der Waals surface area contributed by atoms with Gasteiger partial charge in [0.2, 0.25) is 0 Å². The lowest BCUT2D eigenvalue weighted by atomic mass is 10.0. The van der Waals surface area contributed by atoms with Crippen LogP contribution in [0.2, 0.25) is 0 Å². The smallest absolute Gasteiger partial charge is 0.0585 e. The average Bonchev–Trinajstić information content (AvgIpc) is 2.79. The van der Waals surface area contributed by atoms with E-state index in [9.17, 15) is 0 Å². The summed E-state index contributed by atoms with van der Waals surface area (Å²) < 4.78 is 2.51. The van der Waals surface area contributed by atoms with Gasteiger partial charge < -0.3 is 5.73 Å². The molecule has 0 aliphatic carbocycles. The van der Waals surface area contributed by atoms with E-state index in [1.807, 2.05) is 12.1 Å². The molecule has 0 aliphatic rings. The molecule has 0 fully saturated rings. The summed E-state index contributed by atoms with van der Waals surface area (Å²) in [5.41, 5.74) is 6.95. The highest BCUT2D eigenvalue weighted by Gasteiger charge is 2.09. The normalized spacial score (nSPS) is 11.6. The van der Waals surface area contributed by atoms with E-state index in [4.69, 9.17) is 5.73 Å². The van der Waals surface area contributed by atoms with E-state index < -0.39 is 0 Å². The van der Waals surface area contributed by atoms with Gasteiger partial charge in [0, 0.05) is 21.2 Å². The first kappa shape index (κ1) is 9.92. The van der Waals surface area contributed by atoms with Crippen molar-refractivity contribution < 1.29 is 0 Å². The summed E-state index contributed by atoms with van der Waals surface area (Å²) in [6.45, 7) is 0. The Balaban J connectivity index is 2.37. The van der Waals surface area contributed by atoms with Crippen LogP contribution in [0.15, 0.2) is 54.6 Å². The van der Waals surface area contributed by atoms with Crippen LogP contribution in [-0.4, -0.2) is 0 Å². The number of anilines is 1. The van der Waals surface area contributed by atoms with Gasteiger partial charge in [-0.05, 0) is 22.9 Å². The number of fused-ring (bicyclic) bond motifs is 5. The lowest BCUT2D eigenvalue weighted by Gasteiger charge is -2.00. The minimum absolute atomic E-state index is 0.873. The molecule has 0 saturated carbocycles. The number of nitrogen functional groups attached to an aromatic ring is 1. The molecule has 86 valence electrons. The Labute approximate surface area is 108 Å². The zero-order valence-corrected chi connectivity index (χ0v) is 10.5. The first-order chi connectivity index (χ1) is 8.84. The van der Waals surface area contributed by atoms with E-state index in [0.717, 1.165) is 5.69 Å². The fraction of sp³-hybridized carbons (Fsp3) is 0. The van der Waals surface area contributed by atoms with E-state index in [1.165, 1.54) is 30.9 Å². The molecule has 1 nitrogen and oxygen atoms in total. The molecule has 0 spiro atoms. The summed E-state index contributed by atoms with van der Waals surface area (Å²) in [7, 11) is 0. The Bertz CT molecular complexity index is 889. The molecule has 0 saturated heterocycles. The predicted molar refractivity (Wildman–Crippen MR) is 81.2 cm³/mol. The molecule has 1 aromatic heterocycles. The molecule has 4 rings (SSSR count). The predicted octanol–water partition coefficient (Wildman–Crippen LogP) is 4.79. The first-order valence-electron chi connectivity index (χ1n) is 5.93. The number of hydrogen-bond donors (Lipinski definition) is 1. The van der Waals surface area contributed by atoms with Gasteiger partial charge in [0.1, 0.15) is 0 Å². The summed E-state index contributed by atoms with van der Waals surface area (Å²) in [6, 6.07) is 19.1. The second-order valence-electron chi connectivity index (χ2n) is 4.49. The minimum atomic E-state index is 0.873. The van der Waals surface area contributed by atoms with Gasteiger partial charge in [-0.25, -0.2) is 0 Å². The van der Waals surface area contributed by atoms with Crippen molar-refractivity contribution in [1.29, 1.82) is 0 Å². The van der Waals surface area contributed by atoms with E-state index in [1.54, 1.807) is 11.3 Å². The van der Waals surface area contributed by atoms with Crippen molar-refractivity contribution in [2.45, 2.75) is 0 Å². The van der Waals surface area contributed by atoms with Gasteiger partial charge in [-0.1, -0.05) is 42.5 Å². The average molecular weight is 249 g/mol. The van der Waals surface area contributed by atoms with Crippen LogP contribution in [0.1, 0.15) is 0 Å². The minimum Gasteiger partial charge on any atom is -0.398 e. The van der Waals surface area contributed by atoms with Gasteiger partial charge in [0.15, 0.2) is 0 Å². The Morgan fingerprint density at radius 1 is 0.778 bits per heavy atom. The van der Waals surface area contributed by atoms with Crippen LogP contribution < -0.4 is 5.73 Å². The third-order valence-corrected chi connectivity index (χ3v) is 4.64. The number of nitrogens with two attached hydrogens (primary N) is 1. The lowest BCUT2D eigenvalue weighted by Crippen LogP contribution is -1.82. The van der Waals surface area contributed by atoms with Gasteiger partial charge >= 0.3 is 0 Å². The van der Waals surface area contributed by atoms with Crippen molar-refractivity contribution in [1.82, 2.24) is 0 Å². The van der Waals surface area contributed by atoms with E-state index in [0.29, 0.717) is 0 Å². The van der Waals surface area contributed by atoms with Gasteiger partial charge in [0.25, 0.3) is 0 Å².